The van der Waals surface area contributed by atoms with Gasteiger partial charge in [0.2, 0.25) is 0 Å². The molecule has 1 amide bonds. The number of hydrogen-bond acceptors (Lipinski definition) is 3. The lowest BCUT2D eigenvalue weighted by atomic mass is 10.2. The molecule has 0 unspecified atom stereocenters. The molecule has 0 spiro atoms. The minimum atomic E-state index is -0.138. The van der Waals surface area contributed by atoms with Crippen LogP contribution < -0.4 is 5.32 Å². The number of nitrogens with one attached hydrogen (secondary N) is 2. The second-order valence-corrected chi connectivity index (χ2v) is 3.54. The van der Waals surface area contributed by atoms with Gasteiger partial charge in [0.25, 0.3) is 5.91 Å². The van der Waals surface area contributed by atoms with Crippen molar-refractivity contribution in [2.75, 3.05) is 0 Å². The van der Waals surface area contributed by atoms with Crippen molar-refractivity contribution < 1.29 is 4.79 Å². The summed E-state index contributed by atoms with van der Waals surface area (Å²) in [6.07, 6.45) is 3.30. The second-order valence-electron chi connectivity index (χ2n) is 3.54. The van der Waals surface area contributed by atoms with E-state index in [1.54, 1.807) is 25.5 Å². The van der Waals surface area contributed by atoms with Gasteiger partial charge in [0.1, 0.15) is 5.69 Å². The van der Waals surface area contributed by atoms with E-state index in [2.05, 4.69) is 20.6 Å². The van der Waals surface area contributed by atoms with E-state index in [1.807, 2.05) is 6.92 Å². The zero-order valence-corrected chi connectivity index (χ0v) is 9.19. The van der Waals surface area contributed by atoms with Crippen LogP contribution in [0.5, 0.6) is 0 Å². The molecule has 6 nitrogen and oxygen atoms in total. The predicted octanol–water partition coefficient (Wildman–Crippen LogP) is 0.382. The standard InChI is InChI=1S/C10H13N5O/c1-7-8(6-12-14-7)5-11-10(16)9-3-4-13-15(9)2/h3-4,6H,5H2,1-2H3,(H,11,16)(H,12,14). The number of aromatic nitrogens is 4. The number of carbonyl (C=O) groups excluding carboxylic acids is 1. The SMILES string of the molecule is Cc1[nH]ncc1CNC(=O)c1ccnn1C. The molecule has 84 valence electrons. The topological polar surface area (TPSA) is 75.6 Å². The van der Waals surface area contributed by atoms with Gasteiger partial charge in [-0.05, 0) is 13.0 Å². The highest BCUT2D eigenvalue weighted by Gasteiger charge is 2.09. The fraction of sp³-hybridized carbons (Fsp3) is 0.300. The van der Waals surface area contributed by atoms with Gasteiger partial charge in [0, 0.05) is 31.0 Å². The summed E-state index contributed by atoms with van der Waals surface area (Å²) in [4.78, 5) is 11.7. The first-order valence-electron chi connectivity index (χ1n) is 4.93. The Balaban J connectivity index is 1.99. The van der Waals surface area contributed by atoms with Gasteiger partial charge >= 0.3 is 0 Å². The van der Waals surface area contributed by atoms with Crippen molar-refractivity contribution in [3.8, 4) is 0 Å². The molecular formula is C10H13N5O. The van der Waals surface area contributed by atoms with E-state index in [-0.39, 0.29) is 5.91 Å². The highest BCUT2D eigenvalue weighted by Crippen LogP contribution is 2.02. The summed E-state index contributed by atoms with van der Waals surface area (Å²) in [6.45, 7) is 2.38. The minimum Gasteiger partial charge on any atom is -0.347 e. The Labute approximate surface area is 92.7 Å². The van der Waals surface area contributed by atoms with Gasteiger partial charge in [0.15, 0.2) is 0 Å². The van der Waals surface area contributed by atoms with E-state index in [9.17, 15) is 4.79 Å². The third-order valence-electron chi connectivity index (χ3n) is 2.43. The van der Waals surface area contributed by atoms with Gasteiger partial charge < -0.3 is 5.32 Å². The highest BCUT2D eigenvalue weighted by atomic mass is 16.2. The van der Waals surface area contributed by atoms with E-state index in [0.717, 1.165) is 11.3 Å². The van der Waals surface area contributed by atoms with Crippen molar-refractivity contribution in [1.29, 1.82) is 0 Å². The van der Waals surface area contributed by atoms with Gasteiger partial charge in [-0.1, -0.05) is 0 Å². The molecule has 0 saturated heterocycles. The Morgan fingerprint density at radius 3 is 3.00 bits per heavy atom. The number of amides is 1. The van der Waals surface area contributed by atoms with E-state index in [4.69, 9.17) is 0 Å². The van der Waals surface area contributed by atoms with Crippen molar-refractivity contribution in [1.82, 2.24) is 25.3 Å². The monoisotopic (exact) mass is 219 g/mol. The Morgan fingerprint density at radius 2 is 2.44 bits per heavy atom. The summed E-state index contributed by atoms with van der Waals surface area (Å²) in [7, 11) is 1.73. The van der Waals surface area contributed by atoms with E-state index < -0.39 is 0 Å². The molecule has 0 aliphatic carbocycles. The molecule has 0 aliphatic heterocycles. The molecule has 2 aromatic heterocycles. The van der Waals surface area contributed by atoms with Crippen LogP contribution in [0.3, 0.4) is 0 Å². The van der Waals surface area contributed by atoms with Crippen LogP contribution in [-0.2, 0) is 13.6 Å². The summed E-state index contributed by atoms with van der Waals surface area (Å²) >= 11 is 0. The molecule has 0 bridgehead atoms. The number of rotatable bonds is 3. The predicted molar refractivity (Wildman–Crippen MR) is 57.7 cm³/mol. The minimum absolute atomic E-state index is 0.138. The molecule has 0 aromatic carbocycles. The molecule has 0 radical (unpaired) electrons. The number of nitrogens with zero attached hydrogens (tertiary/aromatic N) is 3. The zero-order chi connectivity index (χ0) is 11.5. The Morgan fingerprint density at radius 1 is 1.62 bits per heavy atom. The van der Waals surface area contributed by atoms with Gasteiger partial charge in [-0.3, -0.25) is 14.6 Å². The molecule has 0 saturated carbocycles. The van der Waals surface area contributed by atoms with Crippen molar-refractivity contribution in [2.24, 2.45) is 7.05 Å². The number of carbonyl (C=O) groups is 1. The lowest BCUT2D eigenvalue weighted by Gasteiger charge is -2.04. The van der Waals surface area contributed by atoms with Gasteiger partial charge in [-0.25, -0.2) is 0 Å². The molecule has 6 heteroatoms. The van der Waals surface area contributed by atoms with Crippen molar-refractivity contribution in [3.63, 3.8) is 0 Å². The van der Waals surface area contributed by atoms with Crippen LogP contribution in [0, 0.1) is 6.92 Å². The third-order valence-corrected chi connectivity index (χ3v) is 2.43. The Kier molecular flexibility index (Phi) is 2.72. The quantitative estimate of drug-likeness (QED) is 0.783. The maximum Gasteiger partial charge on any atom is 0.269 e. The average Bonchev–Trinajstić information content (AvgIpc) is 2.84. The lowest BCUT2D eigenvalue weighted by molar-refractivity contribution is 0.0941. The highest BCUT2D eigenvalue weighted by molar-refractivity contribution is 5.92. The molecule has 0 fully saturated rings. The van der Waals surface area contributed by atoms with Gasteiger partial charge in [0.05, 0.1) is 6.20 Å². The maximum atomic E-state index is 11.7. The number of hydrogen-bond donors (Lipinski definition) is 2. The summed E-state index contributed by atoms with van der Waals surface area (Å²) < 4.78 is 1.54. The average molecular weight is 219 g/mol. The van der Waals surface area contributed by atoms with E-state index >= 15 is 0 Å². The molecule has 0 aliphatic rings. The first-order chi connectivity index (χ1) is 7.68. The lowest BCUT2D eigenvalue weighted by Crippen LogP contribution is -2.25. The van der Waals surface area contributed by atoms with Crippen molar-refractivity contribution in [3.05, 3.63) is 35.4 Å². The Hall–Kier alpha value is -2.11. The summed E-state index contributed by atoms with van der Waals surface area (Å²) in [5.74, 6) is -0.138. The normalized spacial score (nSPS) is 10.4. The van der Waals surface area contributed by atoms with Crippen LogP contribution in [0.1, 0.15) is 21.7 Å². The van der Waals surface area contributed by atoms with Gasteiger partial charge in [-0.2, -0.15) is 10.2 Å². The smallest absolute Gasteiger partial charge is 0.269 e. The maximum absolute atomic E-state index is 11.7. The first kappa shape index (κ1) is 10.4. The summed E-state index contributed by atoms with van der Waals surface area (Å²) in [6, 6.07) is 1.68. The van der Waals surface area contributed by atoms with Crippen LogP contribution in [0.25, 0.3) is 0 Å². The molecule has 2 aromatic rings. The number of aryl methyl sites for hydroxylation is 2. The first-order valence-corrected chi connectivity index (χ1v) is 4.93. The van der Waals surface area contributed by atoms with E-state index in [0.29, 0.717) is 12.2 Å². The Bertz CT molecular complexity index is 499. The molecule has 0 atom stereocenters. The van der Waals surface area contributed by atoms with Crippen LogP contribution >= 0.6 is 0 Å². The molecule has 2 rings (SSSR count). The van der Waals surface area contributed by atoms with Crippen LogP contribution in [0.2, 0.25) is 0 Å². The van der Waals surface area contributed by atoms with E-state index in [1.165, 1.54) is 4.68 Å². The number of aromatic amines is 1. The number of H-pyrrole nitrogens is 1. The molecule has 16 heavy (non-hydrogen) atoms. The van der Waals surface area contributed by atoms with Crippen LogP contribution in [-0.4, -0.2) is 25.9 Å². The van der Waals surface area contributed by atoms with Crippen LogP contribution in [0.4, 0.5) is 0 Å². The molecular weight excluding hydrogens is 206 g/mol. The summed E-state index contributed by atoms with van der Waals surface area (Å²) in [5, 5.41) is 13.5. The fourth-order valence-corrected chi connectivity index (χ4v) is 1.42. The third kappa shape index (κ3) is 1.95. The molecule has 2 N–H and O–H groups in total. The zero-order valence-electron chi connectivity index (χ0n) is 9.19. The largest absolute Gasteiger partial charge is 0.347 e. The van der Waals surface area contributed by atoms with Crippen molar-refractivity contribution in [2.45, 2.75) is 13.5 Å². The fourth-order valence-electron chi connectivity index (χ4n) is 1.42. The second kappa shape index (κ2) is 4.18. The molecule has 2 heterocycles. The van der Waals surface area contributed by atoms with Gasteiger partial charge in [-0.15, -0.1) is 0 Å². The summed E-state index contributed by atoms with van der Waals surface area (Å²) in [5.41, 5.74) is 2.49. The van der Waals surface area contributed by atoms with Crippen LogP contribution in [0.15, 0.2) is 18.5 Å². The van der Waals surface area contributed by atoms with Crippen molar-refractivity contribution >= 4 is 5.91 Å².